The second-order valence-corrected chi connectivity index (χ2v) is 4.60. The van der Waals surface area contributed by atoms with Crippen molar-refractivity contribution in [1.82, 2.24) is 0 Å². The largest absolute Gasteiger partial charge is 0.508 e. The van der Waals surface area contributed by atoms with E-state index in [1.807, 2.05) is 37.2 Å². The summed E-state index contributed by atoms with van der Waals surface area (Å²) in [5, 5.41) is 21.6. The molecule has 104 valence electrons. The molecule has 0 aromatic heterocycles. The molecule has 3 N–H and O–H groups in total. The van der Waals surface area contributed by atoms with Crippen molar-refractivity contribution in [2.24, 2.45) is 0 Å². The zero-order valence-electron chi connectivity index (χ0n) is 11.3. The molecule has 2 aromatic rings. The fourth-order valence-corrected chi connectivity index (χ4v) is 1.89. The molecule has 2 rings (SSSR count). The number of anilines is 2. The van der Waals surface area contributed by atoms with Gasteiger partial charge < -0.3 is 20.4 Å². The lowest BCUT2D eigenvalue weighted by Crippen LogP contribution is -2.16. The summed E-state index contributed by atoms with van der Waals surface area (Å²) in [7, 11) is 3.76. The van der Waals surface area contributed by atoms with Gasteiger partial charge in [0.05, 0.1) is 11.4 Å². The minimum Gasteiger partial charge on any atom is -0.508 e. The van der Waals surface area contributed by atoms with E-state index >= 15 is 0 Å². The number of carbonyl (C=O) groups excluding carboxylic acids is 1. The van der Waals surface area contributed by atoms with E-state index in [2.05, 4.69) is 5.32 Å². The van der Waals surface area contributed by atoms with Crippen molar-refractivity contribution in [2.75, 3.05) is 24.3 Å². The summed E-state index contributed by atoms with van der Waals surface area (Å²) in [5.41, 5.74) is 1.71. The number of amides is 1. The molecule has 0 bridgehead atoms. The molecule has 0 atom stereocenters. The summed E-state index contributed by atoms with van der Waals surface area (Å²) < 4.78 is 0. The van der Waals surface area contributed by atoms with Crippen molar-refractivity contribution in [3.63, 3.8) is 0 Å². The van der Waals surface area contributed by atoms with Crippen molar-refractivity contribution in [3.8, 4) is 11.5 Å². The highest BCUT2D eigenvalue weighted by atomic mass is 16.3. The Balaban J connectivity index is 2.28. The van der Waals surface area contributed by atoms with Gasteiger partial charge in [-0.3, -0.25) is 4.79 Å². The lowest BCUT2D eigenvalue weighted by molar-refractivity contribution is 0.102. The molecule has 5 nitrogen and oxygen atoms in total. The van der Waals surface area contributed by atoms with E-state index in [0.717, 1.165) is 5.69 Å². The molecule has 0 aliphatic carbocycles. The molecule has 2 aromatic carbocycles. The van der Waals surface area contributed by atoms with Gasteiger partial charge in [0.2, 0.25) is 0 Å². The van der Waals surface area contributed by atoms with Crippen LogP contribution in [0.2, 0.25) is 0 Å². The molecule has 20 heavy (non-hydrogen) atoms. The fraction of sp³-hybridized carbons (Fsp3) is 0.133. The highest BCUT2D eigenvalue weighted by Gasteiger charge is 2.11. The van der Waals surface area contributed by atoms with Gasteiger partial charge in [0.15, 0.2) is 0 Å². The van der Waals surface area contributed by atoms with Crippen LogP contribution in [0.15, 0.2) is 42.5 Å². The summed E-state index contributed by atoms with van der Waals surface area (Å²) in [5.74, 6) is -0.711. The molecule has 0 aliphatic rings. The van der Waals surface area contributed by atoms with E-state index in [1.54, 1.807) is 6.07 Å². The number of aromatic hydroxyl groups is 2. The van der Waals surface area contributed by atoms with Crippen LogP contribution in [0.5, 0.6) is 11.5 Å². The maximum atomic E-state index is 12.1. The second kappa shape index (κ2) is 5.52. The highest BCUT2D eigenvalue weighted by Crippen LogP contribution is 2.25. The van der Waals surface area contributed by atoms with Gasteiger partial charge in [-0.25, -0.2) is 0 Å². The van der Waals surface area contributed by atoms with Gasteiger partial charge in [-0.1, -0.05) is 12.1 Å². The van der Waals surface area contributed by atoms with E-state index in [4.69, 9.17) is 0 Å². The van der Waals surface area contributed by atoms with Crippen molar-refractivity contribution in [1.29, 1.82) is 0 Å². The van der Waals surface area contributed by atoms with Crippen LogP contribution >= 0.6 is 0 Å². The monoisotopic (exact) mass is 272 g/mol. The van der Waals surface area contributed by atoms with Crippen LogP contribution in [0.1, 0.15) is 10.4 Å². The van der Waals surface area contributed by atoms with Crippen LogP contribution in [0.25, 0.3) is 0 Å². The average molecular weight is 272 g/mol. The number of phenols is 2. The van der Waals surface area contributed by atoms with Gasteiger partial charge >= 0.3 is 0 Å². The Morgan fingerprint density at radius 1 is 1.05 bits per heavy atom. The van der Waals surface area contributed by atoms with Gasteiger partial charge in [-0.2, -0.15) is 0 Å². The molecule has 0 saturated heterocycles. The molecule has 0 aliphatic heterocycles. The first-order valence-corrected chi connectivity index (χ1v) is 6.08. The smallest absolute Gasteiger partial charge is 0.255 e. The molecular formula is C15H16N2O3. The third-order valence-corrected chi connectivity index (χ3v) is 2.80. The van der Waals surface area contributed by atoms with Crippen LogP contribution in [0.3, 0.4) is 0 Å². The van der Waals surface area contributed by atoms with E-state index in [-0.39, 0.29) is 17.1 Å². The first-order chi connectivity index (χ1) is 9.47. The van der Waals surface area contributed by atoms with Crippen LogP contribution in [0.4, 0.5) is 11.4 Å². The summed E-state index contributed by atoms with van der Waals surface area (Å²) in [4.78, 5) is 14.0. The molecule has 0 unspecified atom stereocenters. The third kappa shape index (κ3) is 3.00. The Kier molecular flexibility index (Phi) is 3.79. The summed E-state index contributed by atoms with van der Waals surface area (Å²) in [6, 6.07) is 11.1. The molecule has 1 amide bonds. The zero-order valence-corrected chi connectivity index (χ0v) is 11.3. The minimum absolute atomic E-state index is 0.156. The van der Waals surface area contributed by atoms with Gasteiger partial charge in [0, 0.05) is 25.7 Å². The number of benzene rings is 2. The number of nitrogens with one attached hydrogen (secondary N) is 1. The van der Waals surface area contributed by atoms with Crippen molar-refractivity contribution < 1.29 is 15.0 Å². The first kappa shape index (κ1) is 13.7. The van der Waals surface area contributed by atoms with Crippen molar-refractivity contribution in [3.05, 3.63) is 48.0 Å². The maximum absolute atomic E-state index is 12.1. The second-order valence-electron chi connectivity index (χ2n) is 4.60. The molecule has 5 heteroatoms. The number of hydrogen-bond donors (Lipinski definition) is 3. The number of rotatable bonds is 3. The van der Waals surface area contributed by atoms with Crippen molar-refractivity contribution in [2.45, 2.75) is 0 Å². The zero-order chi connectivity index (χ0) is 14.7. The SMILES string of the molecule is CN(C)c1ccccc1NC(=O)c1cc(O)cc(O)c1. The van der Waals surface area contributed by atoms with Crippen molar-refractivity contribution >= 4 is 17.3 Å². The predicted molar refractivity (Wildman–Crippen MR) is 78.5 cm³/mol. The predicted octanol–water partition coefficient (Wildman–Crippen LogP) is 2.42. The number of para-hydroxylation sites is 2. The maximum Gasteiger partial charge on any atom is 0.255 e. The van der Waals surface area contributed by atoms with E-state index in [1.165, 1.54) is 18.2 Å². The van der Waals surface area contributed by atoms with Gasteiger partial charge in [-0.15, -0.1) is 0 Å². The number of nitrogens with zero attached hydrogens (tertiary/aromatic N) is 1. The molecular weight excluding hydrogens is 256 g/mol. The topological polar surface area (TPSA) is 72.8 Å². The number of hydrogen-bond acceptors (Lipinski definition) is 4. The van der Waals surface area contributed by atoms with E-state index in [9.17, 15) is 15.0 Å². The number of phenolic OH excluding ortho intramolecular Hbond substituents is 2. The normalized spacial score (nSPS) is 10.1. The standard InChI is InChI=1S/C15H16N2O3/c1-17(2)14-6-4-3-5-13(14)16-15(20)10-7-11(18)9-12(19)8-10/h3-9,18-19H,1-2H3,(H,16,20). The van der Waals surface area contributed by atoms with E-state index in [0.29, 0.717) is 5.69 Å². The Morgan fingerprint density at radius 3 is 2.25 bits per heavy atom. The Morgan fingerprint density at radius 2 is 1.65 bits per heavy atom. The summed E-state index contributed by atoms with van der Waals surface area (Å²) in [6.45, 7) is 0. The summed E-state index contributed by atoms with van der Waals surface area (Å²) >= 11 is 0. The summed E-state index contributed by atoms with van der Waals surface area (Å²) in [6.07, 6.45) is 0. The Hall–Kier alpha value is -2.69. The van der Waals surface area contributed by atoms with E-state index < -0.39 is 5.91 Å². The molecule has 0 heterocycles. The number of carbonyl (C=O) groups is 1. The minimum atomic E-state index is -0.398. The van der Waals surface area contributed by atoms with Crippen LogP contribution in [-0.4, -0.2) is 30.2 Å². The Bertz CT molecular complexity index is 619. The van der Waals surface area contributed by atoms with Crippen LogP contribution < -0.4 is 10.2 Å². The lowest BCUT2D eigenvalue weighted by Gasteiger charge is -2.17. The molecule has 0 fully saturated rings. The molecule has 0 radical (unpaired) electrons. The van der Waals surface area contributed by atoms with Gasteiger partial charge in [-0.05, 0) is 24.3 Å². The van der Waals surface area contributed by atoms with Crippen LogP contribution in [-0.2, 0) is 0 Å². The average Bonchev–Trinajstić information content (AvgIpc) is 2.37. The quantitative estimate of drug-likeness (QED) is 0.802. The Labute approximate surface area is 117 Å². The molecule has 0 saturated carbocycles. The fourth-order valence-electron chi connectivity index (χ4n) is 1.89. The lowest BCUT2D eigenvalue weighted by atomic mass is 10.1. The third-order valence-electron chi connectivity index (χ3n) is 2.80. The highest BCUT2D eigenvalue weighted by molar-refractivity contribution is 6.06. The first-order valence-electron chi connectivity index (χ1n) is 6.08. The van der Waals surface area contributed by atoms with Crippen LogP contribution in [0, 0.1) is 0 Å². The van der Waals surface area contributed by atoms with Gasteiger partial charge in [0.25, 0.3) is 5.91 Å². The molecule has 0 spiro atoms. The van der Waals surface area contributed by atoms with Gasteiger partial charge in [0.1, 0.15) is 11.5 Å².